The quantitative estimate of drug-likeness (QED) is 0.900. The lowest BCUT2D eigenvalue weighted by Crippen LogP contribution is -2.51. The van der Waals surface area contributed by atoms with Gasteiger partial charge in [-0.15, -0.1) is 0 Å². The summed E-state index contributed by atoms with van der Waals surface area (Å²) in [7, 11) is 0. The molecule has 2 atom stereocenters. The van der Waals surface area contributed by atoms with Crippen molar-refractivity contribution < 1.29 is 5.11 Å². The third kappa shape index (κ3) is 2.11. The lowest BCUT2D eigenvalue weighted by atomic mass is 9.82. The second-order valence-electron chi connectivity index (χ2n) is 6.83. The lowest BCUT2D eigenvalue weighted by Gasteiger charge is -2.44. The Morgan fingerprint density at radius 1 is 1.00 bits per heavy atom. The van der Waals surface area contributed by atoms with Crippen molar-refractivity contribution >= 4 is 0 Å². The fourth-order valence-corrected chi connectivity index (χ4v) is 4.36. The Morgan fingerprint density at radius 2 is 1.63 bits per heavy atom. The highest BCUT2D eigenvalue weighted by atomic mass is 16.3. The summed E-state index contributed by atoms with van der Waals surface area (Å²) in [5.41, 5.74) is 1.09. The molecule has 2 saturated heterocycles. The average Bonchev–Trinajstić information content (AvgIpc) is 3.22. The highest BCUT2D eigenvalue weighted by Gasteiger charge is 2.53. The Morgan fingerprint density at radius 3 is 2.21 bits per heavy atom. The highest BCUT2D eigenvalue weighted by molar-refractivity contribution is 5.16. The van der Waals surface area contributed by atoms with Crippen LogP contribution in [-0.4, -0.2) is 27.7 Å². The van der Waals surface area contributed by atoms with E-state index in [9.17, 15) is 5.11 Å². The molecule has 2 aliphatic heterocycles. The minimum atomic E-state index is -0.320. The molecule has 102 valence electrons. The molecular weight excluding hydrogens is 234 g/mol. The van der Waals surface area contributed by atoms with Crippen LogP contribution in [0.3, 0.4) is 0 Å². The molecule has 1 saturated carbocycles. The topological polar surface area (TPSA) is 23.5 Å². The van der Waals surface area contributed by atoms with Crippen LogP contribution in [0.1, 0.15) is 44.1 Å². The molecule has 2 nitrogen and oxygen atoms in total. The second kappa shape index (κ2) is 4.32. The van der Waals surface area contributed by atoms with Crippen LogP contribution in [0.4, 0.5) is 0 Å². The van der Waals surface area contributed by atoms with E-state index in [0.29, 0.717) is 18.0 Å². The van der Waals surface area contributed by atoms with Crippen LogP contribution < -0.4 is 0 Å². The summed E-state index contributed by atoms with van der Waals surface area (Å²) in [6.07, 6.45) is 7.12. The van der Waals surface area contributed by atoms with E-state index in [1.165, 1.54) is 31.2 Å². The molecule has 0 aromatic heterocycles. The molecule has 2 unspecified atom stereocenters. The number of hydrogen-bond acceptors (Lipinski definition) is 2. The van der Waals surface area contributed by atoms with Crippen LogP contribution in [0.5, 0.6) is 0 Å². The van der Waals surface area contributed by atoms with E-state index in [0.717, 1.165) is 19.4 Å². The number of hydrogen-bond donors (Lipinski definition) is 1. The molecule has 1 N–H and O–H groups in total. The van der Waals surface area contributed by atoms with Crippen LogP contribution in [0, 0.1) is 5.92 Å². The highest BCUT2D eigenvalue weighted by Crippen LogP contribution is 2.51. The minimum Gasteiger partial charge on any atom is -0.389 e. The summed E-state index contributed by atoms with van der Waals surface area (Å²) in [5, 5.41) is 10.8. The zero-order valence-electron chi connectivity index (χ0n) is 11.5. The van der Waals surface area contributed by atoms with Gasteiger partial charge in [-0.1, -0.05) is 30.3 Å². The summed E-state index contributed by atoms with van der Waals surface area (Å²) in [5.74, 6) is 0.620. The zero-order chi connectivity index (χ0) is 12.9. The van der Waals surface area contributed by atoms with Crippen molar-refractivity contribution in [2.45, 2.75) is 62.8 Å². The van der Waals surface area contributed by atoms with Gasteiger partial charge >= 0.3 is 0 Å². The first-order chi connectivity index (χ1) is 9.24. The SMILES string of the molecule is OC1(C2CC2)CC2CCC(C1)N2Cc1ccccc1. The van der Waals surface area contributed by atoms with Crippen molar-refractivity contribution in [2.75, 3.05) is 0 Å². The van der Waals surface area contributed by atoms with Gasteiger partial charge in [0.15, 0.2) is 0 Å². The largest absolute Gasteiger partial charge is 0.389 e. The zero-order valence-corrected chi connectivity index (χ0v) is 11.5. The Balaban J connectivity index is 1.50. The number of fused-ring (bicyclic) bond motifs is 2. The first-order valence-electron chi connectivity index (χ1n) is 7.77. The van der Waals surface area contributed by atoms with Gasteiger partial charge in [-0.3, -0.25) is 4.90 Å². The Kier molecular flexibility index (Phi) is 2.71. The van der Waals surface area contributed by atoms with Gasteiger partial charge in [0.2, 0.25) is 0 Å². The fraction of sp³-hybridized carbons (Fsp3) is 0.647. The van der Waals surface area contributed by atoms with Crippen LogP contribution in [0.15, 0.2) is 30.3 Å². The maximum atomic E-state index is 10.8. The van der Waals surface area contributed by atoms with E-state index >= 15 is 0 Å². The molecule has 0 amide bonds. The Bertz CT molecular complexity index is 440. The molecule has 3 fully saturated rings. The Hall–Kier alpha value is -0.860. The van der Waals surface area contributed by atoms with E-state index in [1.807, 2.05) is 0 Å². The molecule has 1 aromatic rings. The minimum absolute atomic E-state index is 0.320. The number of piperidine rings is 1. The molecule has 2 bridgehead atoms. The number of nitrogens with zero attached hydrogens (tertiary/aromatic N) is 1. The molecular formula is C17H23NO. The number of rotatable bonds is 3. The van der Waals surface area contributed by atoms with Crippen molar-refractivity contribution in [1.82, 2.24) is 4.90 Å². The van der Waals surface area contributed by atoms with Gasteiger partial charge in [0.05, 0.1) is 5.60 Å². The number of aliphatic hydroxyl groups is 1. The van der Waals surface area contributed by atoms with E-state index in [2.05, 4.69) is 35.2 Å². The van der Waals surface area contributed by atoms with Crippen molar-refractivity contribution in [3.8, 4) is 0 Å². The van der Waals surface area contributed by atoms with E-state index in [-0.39, 0.29) is 5.60 Å². The Labute approximate surface area is 115 Å². The predicted molar refractivity (Wildman–Crippen MR) is 75.7 cm³/mol. The van der Waals surface area contributed by atoms with E-state index in [1.54, 1.807) is 0 Å². The van der Waals surface area contributed by atoms with Crippen molar-refractivity contribution in [3.05, 3.63) is 35.9 Å². The van der Waals surface area contributed by atoms with Gasteiger partial charge in [0.1, 0.15) is 0 Å². The summed E-state index contributed by atoms with van der Waals surface area (Å²) in [6.45, 7) is 1.07. The van der Waals surface area contributed by atoms with Crippen molar-refractivity contribution in [3.63, 3.8) is 0 Å². The molecule has 3 aliphatic rings. The number of benzene rings is 1. The van der Waals surface area contributed by atoms with Crippen molar-refractivity contribution in [1.29, 1.82) is 0 Å². The fourth-order valence-electron chi connectivity index (χ4n) is 4.36. The average molecular weight is 257 g/mol. The predicted octanol–water partition coefficient (Wildman–Crippen LogP) is 2.95. The maximum Gasteiger partial charge on any atom is 0.0705 e. The normalized spacial score (nSPS) is 38.6. The lowest BCUT2D eigenvalue weighted by molar-refractivity contribution is -0.0696. The van der Waals surface area contributed by atoms with Gasteiger partial charge < -0.3 is 5.11 Å². The summed E-state index contributed by atoms with van der Waals surface area (Å²) >= 11 is 0. The molecule has 4 rings (SSSR count). The first-order valence-corrected chi connectivity index (χ1v) is 7.77. The summed E-state index contributed by atoms with van der Waals surface area (Å²) in [6, 6.07) is 12.0. The third-order valence-corrected chi connectivity index (χ3v) is 5.49. The maximum absolute atomic E-state index is 10.8. The monoisotopic (exact) mass is 257 g/mol. The molecule has 0 spiro atoms. The molecule has 1 aromatic carbocycles. The van der Waals surface area contributed by atoms with Gasteiger partial charge in [-0.2, -0.15) is 0 Å². The van der Waals surface area contributed by atoms with E-state index < -0.39 is 0 Å². The van der Waals surface area contributed by atoms with E-state index in [4.69, 9.17) is 0 Å². The summed E-state index contributed by atoms with van der Waals surface area (Å²) in [4.78, 5) is 2.66. The summed E-state index contributed by atoms with van der Waals surface area (Å²) < 4.78 is 0. The van der Waals surface area contributed by atoms with Gasteiger partial charge in [-0.05, 0) is 50.0 Å². The smallest absolute Gasteiger partial charge is 0.0705 e. The van der Waals surface area contributed by atoms with Gasteiger partial charge in [0.25, 0.3) is 0 Å². The van der Waals surface area contributed by atoms with Crippen LogP contribution in [-0.2, 0) is 6.54 Å². The second-order valence-corrected chi connectivity index (χ2v) is 6.83. The third-order valence-electron chi connectivity index (χ3n) is 5.49. The van der Waals surface area contributed by atoms with Gasteiger partial charge in [-0.25, -0.2) is 0 Å². The van der Waals surface area contributed by atoms with Crippen LogP contribution in [0.2, 0.25) is 0 Å². The standard InChI is InChI=1S/C17H23NO/c19-17(14-6-7-14)10-15-8-9-16(11-17)18(15)12-13-4-2-1-3-5-13/h1-5,14-16,19H,6-12H2. The first kappa shape index (κ1) is 11.9. The molecule has 19 heavy (non-hydrogen) atoms. The molecule has 0 radical (unpaired) electrons. The molecule has 1 aliphatic carbocycles. The molecule has 2 heteroatoms. The van der Waals surface area contributed by atoms with Crippen LogP contribution in [0.25, 0.3) is 0 Å². The molecule has 2 heterocycles. The van der Waals surface area contributed by atoms with Gasteiger partial charge in [0, 0.05) is 18.6 Å². The van der Waals surface area contributed by atoms with Crippen molar-refractivity contribution in [2.24, 2.45) is 5.92 Å². The van der Waals surface area contributed by atoms with Crippen LogP contribution >= 0.6 is 0 Å².